The Hall–Kier alpha value is -2.30. The van der Waals surface area contributed by atoms with Crippen LogP contribution in [0, 0.1) is 11.6 Å². The molecule has 0 bridgehead atoms. The van der Waals surface area contributed by atoms with Crippen LogP contribution in [0.4, 0.5) is 8.78 Å². The first-order chi connectivity index (χ1) is 9.01. The van der Waals surface area contributed by atoms with Gasteiger partial charge in [-0.15, -0.1) is 0 Å². The van der Waals surface area contributed by atoms with Crippen molar-refractivity contribution in [2.45, 2.75) is 13.3 Å². The van der Waals surface area contributed by atoms with E-state index < -0.39 is 17.6 Å². The molecule has 2 aromatic rings. The molecule has 2 rings (SSSR count). The number of aryl methyl sites for hydroxylation is 1. The lowest BCUT2D eigenvalue weighted by atomic mass is 10.1. The third-order valence-electron chi connectivity index (χ3n) is 2.70. The summed E-state index contributed by atoms with van der Waals surface area (Å²) in [5.74, 6) is -2.46. The number of rotatable bonds is 3. The summed E-state index contributed by atoms with van der Waals surface area (Å²) in [6.45, 7) is 1.77. The molecule has 0 saturated carbocycles. The molecule has 0 aliphatic rings. The summed E-state index contributed by atoms with van der Waals surface area (Å²) in [7, 11) is 0. The van der Waals surface area contributed by atoms with Crippen molar-refractivity contribution in [2.24, 2.45) is 0 Å². The average Bonchev–Trinajstić information content (AvgIpc) is 2.36. The van der Waals surface area contributed by atoms with E-state index in [1.807, 2.05) is 0 Å². The second-order valence-electron chi connectivity index (χ2n) is 4.01. The van der Waals surface area contributed by atoms with Gasteiger partial charge in [-0.2, -0.15) is 0 Å². The standard InChI is InChI=1S/C14H11F2NO2/c1-2-12-11(14(18)19)3-4-13(17-12)8-5-9(15)7-10(16)6-8/h3-7H,2H2,1H3,(H,18,19). The number of nitrogens with zero attached hydrogens (tertiary/aromatic N) is 1. The van der Waals surface area contributed by atoms with Crippen LogP contribution in [0.1, 0.15) is 23.0 Å². The van der Waals surface area contributed by atoms with Gasteiger partial charge in [0.25, 0.3) is 0 Å². The zero-order valence-corrected chi connectivity index (χ0v) is 10.2. The molecule has 1 heterocycles. The molecule has 1 N–H and O–H groups in total. The molecule has 0 unspecified atom stereocenters. The number of benzene rings is 1. The maximum Gasteiger partial charge on any atom is 0.337 e. The van der Waals surface area contributed by atoms with Gasteiger partial charge in [-0.1, -0.05) is 6.92 Å². The number of hydrogen-bond donors (Lipinski definition) is 1. The van der Waals surface area contributed by atoms with Gasteiger partial charge in [-0.25, -0.2) is 13.6 Å². The van der Waals surface area contributed by atoms with Gasteiger partial charge in [0, 0.05) is 11.6 Å². The zero-order chi connectivity index (χ0) is 14.0. The summed E-state index contributed by atoms with van der Waals surface area (Å²) >= 11 is 0. The fraction of sp³-hybridized carbons (Fsp3) is 0.143. The van der Waals surface area contributed by atoms with Gasteiger partial charge in [0.15, 0.2) is 0 Å². The molecular formula is C14H11F2NO2. The first-order valence-electron chi connectivity index (χ1n) is 5.71. The van der Waals surface area contributed by atoms with E-state index in [0.29, 0.717) is 17.8 Å². The van der Waals surface area contributed by atoms with Crippen LogP contribution in [0.3, 0.4) is 0 Å². The van der Waals surface area contributed by atoms with Gasteiger partial charge >= 0.3 is 5.97 Å². The summed E-state index contributed by atoms with van der Waals surface area (Å²) in [6.07, 6.45) is 0.424. The largest absolute Gasteiger partial charge is 0.478 e. The van der Waals surface area contributed by atoms with Gasteiger partial charge in [-0.05, 0) is 30.7 Å². The fourth-order valence-corrected chi connectivity index (χ4v) is 1.83. The lowest BCUT2D eigenvalue weighted by Crippen LogP contribution is -2.04. The molecule has 0 atom stereocenters. The molecule has 1 aromatic heterocycles. The van der Waals surface area contributed by atoms with Gasteiger partial charge in [0.1, 0.15) is 11.6 Å². The molecule has 0 spiro atoms. The number of pyridine rings is 1. The Morgan fingerprint density at radius 3 is 2.37 bits per heavy atom. The van der Waals surface area contributed by atoms with Crippen LogP contribution in [-0.2, 0) is 6.42 Å². The molecular weight excluding hydrogens is 252 g/mol. The Morgan fingerprint density at radius 2 is 1.84 bits per heavy atom. The highest BCUT2D eigenvalue weighted by Crippen LogP contribution is 2.21. The number of halogens is 2. The minimum Gasteiger partial charge on any atom is -0.478 e. The highest BCUT2D eigenvalue weighted by Gasteiger charge is 2.12. The normalized spacial score (nSPS) is 10.5. The Labute approximate surface area is 108 Å². The van der Waals surface area contributed by atoms with Crippen molar-refractivity contribution >= 4 is 5.97 Å². The topological polar surface area (TPSA) is 50.2 Å². The van der Waals surface area contributed by atoms with Gasteiger partial charge in [0.2, 0.25) is 0 Å². The van der Waals surface area contributed by atoms with Crippen LogP contribution in [0.15, 0.2) is 30.3 Å². The molecule has 1 aromatic carbocycles. The minimum absolute atomic E-state index is 0.100. The van der Waals surface area contributed by atoms with Gasteiger partial charge in [-0.3, -0.25) is 4.98 Å². The number of carbonyl (C=O) groups is 1. The number of carboxylic acid groups (broad SMARTS) is 1. The van der Waals surface area contributed by atoms with Crippen LogP contribution in [0.5, 0.6) is 0 Å². The van der Waals surface area contributed by atoms with Crippen molar-refractivity contribution in [3.8, 4) is 11.3 Å². The number of hydrogen-bond acceptors (Lipinski definition) is 2. The summed E-state index contributed by atoms with van der Waals surface area (Å²) in [4.78, 5) is 15.1. The SMILES string of the molecule is CCc1nc(-c2cc(F)cc(F)c2)ccc1C(=O)O. The van der Waals surface area contributed by atoms with Crippen LogP contribution in [0.25, 0.3) is 11.3 Å². The van der Waals surface area contributed by atoms with Crippen molar-refractivity contribution in [2.75, 3.05) is 0 Å². The quantitative estimate of drug-likeness (QED) is 0.924. The van der Waals surface area contributed by atoms with Crippen molar-refractivity contribution in [1.29, 1.82) is 0 Å². The van der Waals surface area contributed by atoms with Crippen molar-refractivity contribution in [1.82, 2.24) is 4.98 Å². The molecule has 98 valence electrons. The first kappa shape index (κ1) is 13.1. The van der Waals surface area contributed by atoms with Gasteiger partial charge < -0.3 is 5.11 Å². The van der Waals surface area contributed by atoms with Crippen LogP contribution in [0.2, 0.25) is 0 Å². The second kappa shape index (κ2) is 5.14. The second-order valence-corrected chi connectivity index (χ2v) is 4.01. The number of carboxylic acids is 1. The van der Waals surface area contributed by atoms with E-state index in [1.165, 1.54) is 12.1 Å². The smallest absolute Gasteiger partial charge is 0.337 e. The Bertz CT molecular complexity index is 621. The molecule has 0 aliphatic heterocycles. The van der Waals surface area contributed by atoms with Crippen molar-refractivity contribution in [3.05, 3.63) is 53.2 Å². The number of aromatic carboxylic acids is 1. The Balaban J connectivity index is 2.54. The molecule has 0 amide bonds. The molecule has 0 radical (unpaired) electrons. The van der Waals surface area contributed by atoms with E-state index in [-0.39, 0.29) is 11.1 Å². The third kappa shape index (κ3) is 2.76. The van der Waals surface area contributed by atoms with Crippen molar-refractivity contribution in [3.63, 3.8) is 0 Å². The Kier molecular flexibility index (Phi) is 3.55. The fourth-order valence-electron chi connectivity index (χ4n) is 1.83. The monoisotopic (exact) mass is 263 g/mol. The summed E-state index contributed by atoms with van der Waals surface area (Å²) in [5.41, 5.74) is 1.11. The molecule has 5 heteroatoms. The van der Waals surface area contributed by atoms with E-state index in [0.717, 1.165) is 18.2 Å². The van der Waals surface area contributed by atoms with Crippen LogP contribution < -0.4 is 0 Å². The molecule has 3 nitrogen and oxygen atoms in total. The van der Waals surface area contributed by atoms with Gasteiger partial charge in [0.05, 0.1) is 17.0 Å². The van der Waals surface area contributed by atoms with E-state index in [4.69, 9.17) is 5.11 Å². The molecule has 19 heavy (non-hydrogen) atoms. The maximum atomic E-state index is 13.1. The highest BCUT2D eigenvalue weighted by atomic mass is 19.1. The third-order valence-corrected chi connectivity index (χ3v) is 2.70. The minimum atomic E-state index is -1.07. The van der Waals surface area contributed by atoms with E-state index in [1.54, 1.807) is 6.92 Å². The predicted octanol–water partition coefficient (Wildman–Crippen LogP) is 3.29. The molecule has 0 fully saturated rings. The van der Waals surface area contributed by atoms with E-state index >= 15 is 0 Å². The summed E-state index contributed by atoms with van der Waals surface area (Å²) in [5, 5.41) is 8.99. The van der Waals surface area contributed by atoms with E-state index in [9.17, 15) is 13.6 Å². The summed E-state index contributed by atoms with van der Waals surface area (Å²) in [6, 6.07) is 5.93. The lowest BCUT2D eigenvalue weighted by Gasteiger charge is -2.07. The molecule has 0 saturated heterocycles. The predicted molar refractivity (Wildman–Crippen MR) is 65.9 cm³/mol. The molecule has 0 aliphatic carbocycles. The first-order valence-corrected chi connectivity index (χ1v) is 5.71. The number of aromatic nitrogens is 1. The zero-order valence-electron chi connectivity index (χ0n) is 10.2. The summed E-state index contributed by atoms with van der Waals surface area (Å²) < 4.78 is 26.3. The lowest BCUT2D eigenvalue weighted by molar-refractivity contribution is 0.0695. The average molecular weight is 263 g/mol. The highest BCUT2D eigenvalue weighted by molar-refractivity contribution is 5.89. The van der Waals surface area contributed by atoms with Crippen molar-refractivity contribution < 1.29 is 18.7 Å². The van der Waals surface area contributed by atoms with Crippen LogP contribution in [-0.4, -0.2) is 16.1 Å². The maximum absolute atomic E-state index is 13.1. The Morgan fingerprint density at radius 1 is 1.21 bits per heavy atom. The van der Waals surface area contributed by atoms with E-state index in [2.05, 4.69) is 4.98 Å². The van der Waals surface area contributed by atoms with Crippen LogP contribution >= 0.6 is 0 Å².